The Bertz CT molecular complexity index is 2090. The monoisotopic (exact) mass is 788 g/mol. The van der Waals surface area contributed by atoms with E-state index < -0.39 is 23.5 Å². The fourth-order valence-electron chi connectivity index (χ4n) is 5.21. The first-order valence-electron chi connectivity index (χ1n) is 18.9. The van der Waals surface area contributed by atoms with Crippen LogP contribution in [0, 0.1) is 0 Å². The second kappa shape index (κ2) is 24.2. The van der Waals surface area contributed by atoms with E-state index in [0.717, 1.165) is 46.7 Å². The smallest absolute Gasteiger partial charge is 0.384 e. The van der Waals surface area contributed by atoms with Gasteiger partial charge >= 0.3 is 11.9 Å². The van der Waals surface area contributed by atoms with E-state index in [1.165, 1.54) is 18.2 Å². The highest BCUT2D eigenvalue weighted by molar-refractivity contribution is 6.39. The summed E-state index contributed by atoms with van der Waals surface area (Å²) in [6.07, 6.45) is 14.0. The third kappa shape index (κ3) is 14.5. The Labute approximate surface area is 341 Å². The molecule has 0 heterocycles. The molecular weight excluding hydrogens is 737 g/mol. The molecule has 0 saturated carbocycles. The maximum atomic E-state index is 12.0. The van der Waals surface area contributed by atoms with Gasteiger partial charge in [0.25, 0.3) is 11.6 Å². The fourth-order valence-corrected chi connectivity index (χ4v) is 5.21. The highest BCUT2D eigenvalue weighted by Gasteiger charge is 2.15. The van der Waals surface area contributed by atoms with Crippen molar-refractivity contribution in [1.29, 1.82) is 0 Å². The topological polar surface area (TPSA) is 135 Å². The molecule has 0 aliphatic carbocycles. The van der Waals surface area contributed by atoms with Crippen molar-refractivity contribution >= 4 is 35.7 Å². The number of hydrogen-bond acceptors (Lipinski definition) is 10. The van der Waals surface area contributed by atoms with Gasteiger partial charge in [-0.2, -0.15) is 0 Å². The van der Waals surface area contributed by atoms with Gasteiger partial charge in [0.05, 0.1) is 27.9 Å². The Morgan fingerprint density at radius 2 is 0.983 bits per heavy atom. The molecule has 0 spiro atoms. The van der Waals surface area contributed by atoms with E-state index in [9.17, 15) is 24.3 Å². The maximum absolute atomic E-state index is 12.0. The first kappa shape index (κ1) is 45.9. The van der Waals surface area contributed by atoms with E-state index in [2.05, 4.69) is 27.7 Å². The number of benzene rings is 4. The molecule has 4 aromatic carbocycles. The largest absolute Gasteiger partial charge is 0.497 e. The number of carbonyl (C=O) groups excluding carboxylic acids is 4. The second-order valence-corrected chi connectivity index (χ2v) is 13.0. The van der Waals surface area contributed by atoms with Crippen LogP contribution in [0.2, 0.25) is 0 Å². The summed E-state index contributed by atoms with van der Waals surface area (Å²) in [5.41, 5.74) is 4.62. The summed E-state index contributed by atoms with van der Waals surface area (Å²) in [6.45, 7) is 8.36. The minimum atomic E-state index is -0.941. The number of aliphatic hydroxyl groups excluding tert-OH is 1. The molecule has 0 saturated heterocycles. The van der Waals surface area contributed by atoms with Crippen LogP contribution < -0.4 is 23.7 Å². The second-order valence-electron chi connectivity index (χ2n) is 13.0. The normalized spacial score (nSPS) is 12.2. The predicted octanol–water partition coefficient (Wildman–Crippen LogP) is 9.41. The van der Waals surface area contributed by atoms with E-state index in [4.69, 9.17) is 23.7 Å². The number of ether oxygens (including phenoxy) is 5. The quantitative estimate of drug-likeness (QED) is 0.0342. The number of carbonyl (C=O) groups is 4. The SMILES string of the molecule is CCC(C)c1ccc(OC(=O)C(=O)/C=C/C=C/c2cc(OC)ccc2CO)cc1.CCC(C)c1ccc(OC(=O)C(=O)/C=C/C=C/c2ccc(OC)cc2OC)cc1. The molecule has 10 nitrogen and oxygen atoms in total. The van der Waals surface area contributed by atoms with Gasteiger partial charge in [0.1, 0.15) is 28.7 Å². The zero-order valence-corrected chi connectivity index (χ0v) is 34.1. The van der Waals surface area contributed by atoms with Crippen LogP contribution in [0.25, 0.3) is 12.2 Å². The summed E-state index contributed by atoms with van der Waals surface area (Å²) < 4.78 is 25.9. The third-order valence-electron chi connectivity index (χ3n) is 9.18. The van der Waals surface area contributed by atoms with Gasteiger partial charge < -0.3 is 28.8 Å². The average Bonchev–Trinajstić information content (AvgIpc) is 3.26. The van der Waals surface area contributed by atoms with E-state index in [1.807, 2.05) is 30.3 Å². The van der Waals surface area contributed by atoms with Gasteiger partial charge in [0, 0.05) is 11.6 Å². The van der Waals surface area contributed by atoms with Crippen LogP contribution in [0.5, 0.6) is 28.7 Å². The molecule has 0 aliphatic heterocycles. The highest BCUT2D eigenvalue weighted by atomic mass is 16.5. The van der Waals surface area contributed by atoms with Gasteiger partial charge in [-0.1, -0.05) is 94.5 Å². The summed E-state index contributed by atoms with van der Waals surface area (Å²) in [6, 6.07) is 25.1. The van der Waals surface area contributed by atoms with Crippen molar-refractivity contribution in [1.82, 2.24) is 0 Å². The maximum Gasteiger partial charge on any atom is 0.384 e. The Balaban J connectivity index is 0.000000310. The standard InChI is InChI=1S/2C24H26O5/c1-5-17(2)18-10-13-20(14-11-18)29-24(26)22(25)9-7-6-8-19-12-15-21(27-3)16-23(19)28-4;1-4-17(2)18-9-12-21(13-10-18)29-24(27)23(26)8-6-5-7-19-15-22(28-3)14-11-20(19)16-25/h6-17H,5H2,1-4H3;5-15,17,25H,4,16H2,1-3H3/b8-6+,9-7+;7-5+,8-6+. The summed E-state index contributed by atoms with van der Waals surface area (Å²) in [4.78, 5) is 47.8. The molecule has 2 unspecified atom stereocenters. The number of aliphatic hydroxyl groups is 1. The lowest BCUT2D eigenvalue weighted by Crippen LogP contribution is -2.18. The van der Waals surface area contributed by atoms with Crippen molar-refractivity contribution < 1.29 is 48.0 Å². The molecule has 10 heteroatoms. The first-order chi connectivity index (χ1) is 28.0. The number of allylic oxidation sites excluding steroid dienone is 4. The van der Waals surface area contributed by atoms with Gasteiger partial charge in [-0.25, -0.2) is 9.59 Å². The zero-order chi connectivity index (χ0) is 42.5. The molecular formula is C48H52O10. The van der Waals surface area contributed by atoms with Crippen molar-refractivity contribution in [3.8, 4) is 28.7 Å². The molecule has 4 rings (SSSR count). The molecule has 0 aliphatic rings. The number of esters is 2. The molecule has 0 amide bonds. The molecule has 58 heavy (non-hydrogen) atoms. The number of ketones is 2. The van der Waals surface area contributed by atoms with Crippen molar-refractivity contribution in [3.05, 3.63) is 149 Å². The van der Waals surface area contributed by atoms with E-state index in [-0.39, 0.29) is 6.61 Å². The molecule has 1 N–H and O–H groups in total. The fraction of sp³-hybridized carbons (Fsp3) is 0.250. The van der Waals surface area contributed by atoms with Gasteiger partial charge in [-0.15, -0.1) is 0 Å². The van der Waals surface area contributed by atoms with Crippen LogP contribution in [0.3, 0.4) is 0 Å². The van der Waals surface area contributed by atoms with Crippen LogP contribution in [0.1, 0.15) is 80.2 Å². The number of rotatable bonds is 18. The summed E-state index contributed by atoms with van der Waals surface area (Å²) >= 11 is 0. The molecule has 0 aromatic heterocycles. The molecule has 0 fully saturated rings. The van der Waals surface area contributed by atoms with Gasteiger partial charge in [-0.05, 0) is 108 Å². The summed E-state index contributed by atoms with van der Waals surface area (Å²) in [5.74, 6) is 0.167. The van der Waals surface area contributed by atoms with Crippen LogP contribution >= 0.6 is 0 Å². The van der Waals surface area contributed by atoms with Crippen molar-refractivity contribution in [3.63, 3.8) is 0 Å². The Kier molecular flexibility index (Phi) is 19.1. The third-order valence-corrected chi connectivity index (χ3v) is 9.18. The lowest BCUT2D eigenvalue weighted by atomic mass is 9.99. The molecule has 0 radical (unpaired) electrons. The minimum absolute atomic E-state index is 0.117. The highest BCUT2D eigenvalue weighted by Crippen LogP contribution is 2.26. The molecule has 4 aromatic rings. The van der Waals surface area contributed by atoms with Crippen molar-refractivity contribution in [2.45, 2.75) is 59.0 Å². The first-order valence-corrected chi connectivity index (χ1v) is 18.9. The van der Waals surface area contributed by atoms with Crippen LogP contribution in [-0.2, 0) is 25.8 Å². The Morgan fingerprint density at radius 1 is 0.552 bits per heavy atom. The zero-order valence-electron chi connectivity index (χ0n) is 34.1. The van der Waals surface area contributed by atoms with Gasteiger partial charge in [-0.3, -0.25) is 9.59 Å². The molecule has 0 bridgehead atoms. The predicted molar refractivity (Wildman–Crippen MR) is 226 cm³/mol. The lowest BCUT2D eigenvalue weighted by molar-refractivity contribution is -0.144. The average molecular weight is 789 g/mol. The van der Waals surface area contributed by atoms with Gasteiger partial charge in [0.2, 0.25) is 0 Å². The van der Waals surface area contributed by atoms with E-state index in [0.29, 0.717) is 40.6 Å². The summed E-state index contributed by atoms with van der Waals surface area (Å²) in [7, 11) is 4.71. The number of methoxy groups -OCH3 is 3. The molecule has 2 atom stereocenters. The summed E-state index contributed by atoms with van der Waals surface area (Å²) in [5, 5.41) is 9.39. The van der Waals surface area contributed by atoms with Crippen LogP contribution in [0.15, 0.2) is 121 Å². The van der Waals surface area contributed by atoms with Crippen molar-refractivity contribution in [2.75, 3.05) is 21.3 Å². The Morgan fingerprint density at radius 3 is 1.41 bits per heavy atom. The van der Waals surface area contributed by atoms with E-state index in [1.54, 1.807) is 100 Å². The molecule has 304 valence electrons. The number of hydrogen-bond donors (Lipinski definition) is 1. The van der Waals surface area contributed by atoms with Gasteiger partial charge in [0.15, 0.2) is 0 Å². The van der Waals surface area contributed by atoms with E-state index >= 15 is 0 Å². The Hall–Kier alpha value is -6.52. The lowest BCUT2D eigenvalue weighted by Gasteiger charge is -2.09. The van der Waals surface area contributed by atoms with Crippen molar-refractivity contribution in [2.24, 2.45) is 0 Å². The van der Waals surface area contributed by atoms with Crippen LogP contribution in [-0.4, -0.2) is 49.9 Å². The van der Waals surface area contributed by atoms with Crippen LogP contribution in [0.4, 0.5) is 0 Å². The minimum Gasteiger partial charge on any atom is -0.497 e.